The number of hydrogen-bond acceptors (Lipinski definition) is 1. The van der Waals surface area contributed by atoms with Gasteiger partial charge in [-0.25, -0.2) is 0 Å². The van der Waals surface area contributed by atoms with Gasteiger partial charge in [0, 0.05) is 0 Å². The third-order valence-corrected chi connectivity index (χ3v) is 2.66. The molecule has 1 heterocycles. The maximum absolute atomic E-state index is 5.59. The van der Waals surface area contributed by atoms with Crippen LogP contribution in [0.4, 0.5) is 0 Å². The number of rotatable bonds is 4. The molecule has 0 aliphatic carbocycles. The third kappa shape index (κ3) is 1.88. The number of benzene rings is 1. The molecule has 2 rings (SSSR count). The van der Waals surface area contributed by atoms with Gasteiger partial charge in [0.2, 0.25) is 0 Å². The highest BCUT2D eigenvalue weighted by molar-refractivity contribution is 5.47. The smallest absolute Gasteiger partial charge is 0.109 e. The first-order valence-corrected chi connectivity index (χ1v) is 5.23. The Morgan fingerprint density at radius 2 is 2.07 bits per heavy atom. The van der Waals surface area contributed by atoms with Crippen LogP contribution in [0.1, 0.15) is 37.0 Å². The van der Waals surface area contributed by atoms with Crippen molar-refractivity contribution in [2.45, 2.75) is 32.0 Å². The Labute approximate surface area is 85.4 Å². The van der Waals surface area contributed by atoms with Crippen LogP contribution in [-0.2, 0) is 4.74 Å². The first-order chi connectivity index (χ1) is 6.85. The Hall–Kier alpha value is -1.08. The number of ether oxygens (including phenoxy) is 1. The summed E-state index contributed by atoms with van der Waals surface area (Å²) in [7, 11) is 0. The van der Waals surface area contributed by atoms with E-state index in [2.05, 4.69) is 37.8 Å². The summed E-state index contributed by atoms with van der Waals surface area (Å²) in [5, 5.41) is 0. The summed E-state index contributed by atoms with van der Waals surface area (Å²) in [6.45, 7) is 5.93. The minimum Gasteiger partial charge on any atom is -0.365 e. The molecule has 1 aromatic rings. The molecule has 1 aliphatic heterocycles. The third-order valence-electron chi connectivity index (χ3n) is 2.66. The van der Waals surface area contributed by atoms with Crippen molar-refractivity contribution < 1.29 is 4.74 Å². The van der Waals surface area contributed by atoms with E-state index < -0.39 is 0 Å². The van der Waals surface area contributed by atoms with Crippen molar-refractivity contribution in [1.29, 1.82) is 0 Å². The molecule has 2 unspecified atom stereocenters. The predicted octanol–water partition coefficient (Wildman–Crippen LogP) is 3.57. The van der Waals surface area contributed by atoms with Gasteiger partial charge in [-0.1, -0.05) is 50.3 Å². The highest BCUT2D eigenvalue weighted by atomic mass is 16.6. The second-order valence-electron chi connectivity index (χ2n) is 3.75. The quantitative estimate of drug-likeness (QED) is 0.658. The summed E-state index contributed by atoms with van der Waals surface area (Å²) >= 11 is 0. The molecule has 74 valence electrons. The van der Waals surface area contributed by atoms with E-state index in [1.165, 1.54) is 24.0 Å². The molecule has 1 heteroatoms. The summed E-state index contributed by atoms with van der Waals surface area (Å²) in [6.07, 6.45) is 5.06. The predicted molar refractivity (Wildman–Crippen MR) is 59.1 cm³/mol. The Balaban J connectivity index is 2.01. The highest BCUT2D eigenvalue weighted by Crippen LogP contribution is 2.41. The van der Waals surface area contributed by atoms with Crippen molar-refractivity contribution in [3.05, 3.63) is 42.0 Å². The Bertz CT molecular complexity index is 313. The fraction of sp³-hybridized carbons (Fsp3) is 0.385. The molecule has 2 atom stereocenters. The lowest BCUT2D eigenvalue weighted by molar-refractivity contribution is 0.365. The van der Waals surface area contributed by atoms with Crippen LogP contribution in [0.25, 0.3) is 6.08 Å². The zero-order valence-corrected chi connectivity index (χ0v) is 8.57. The molecular formula is C13H16O. The average Bonchev–Trinajstić information content (AvgIpc) is 2.98. The molecule has 0 saturated carbocycles. The second-order valence-corrected chi connectivity index (χ2v) is 3.75. The molecule has 0 aromatic heterocycles. The van der Waals surface area contributed by atoms with Crippen LogP contribution < -0.4 is 0 Å². The number of epoxide rings is 1. The van der Waals surface area contributed by atoms with Crippen LogP contribution in [0.3, 0.4) is 0 Å². The van der Waals surface area contributed by atoms with E-state index in [1.54, 1.807) is 0 Å². The van der Waals surface area contributed by atoms with Crippen LogP contribution in [0.15, 0.2) is 30.8 Å². The molecule has 1 fully saturated rings. The van der Waals surface area contributed by atoms with Crippen molar-refractivity contribution in [3.8, 4) is 0 Å². The molecule has 0 amide bonds. The normalized spacial score (nSPS) is 24.6. The topological polar surface area (TPSA) is 12.5 Å². The molecule has 1 aliphatic rings. The van der Waals surface area contributed by atoms with Gasteiger partial charge in [0.25, 0.3) is 0 Å². The van der Waals surface area contributed by atoms with Crippen molar-refractivity contribution in [3.63, 3.8) is 0 Å². The minimum absolute atomic E-state index is 0.355. The second kappa shape index (κ2) is 3.97. The van der Waals surface area contributed by atoms with Gasteiger partial charge in [0.15, 0.2) is 0 Å². The fourth-order valence-electron chi connectivity index (χ4n) is 1.76. The maximum Gasteiger partial charge on any atom is 0.109 e. The summed E-state index contributed by atoms with van der Waals surface area (Å²) in [5.41, 5.74) is 2.47. The molecule has 14 heavy (non-hydrogen) atoms. The van der Waals surface area contributed by atoms with Gasteiger partial charge in [-0.2, -0.15) is 0 Å². The fourth-order valence-corrected chi connectivity index (χ4v) is 1.76. The lowest BCUT2D eigenvalue weighted by Gasteiger charge is -1.97. The van der Waals surface area contributed by atoms with E-state index in [1.807, 2.05) is 6.08 Å². The molecule has 1 aromatic carbocycles. The van der Waals surface area contributed by atoms with Gasteiger partial charge in [0.1, 0.15) is 6.10 Å². The molecule has 0 radical (unpaired) electrons. The molecule has 1 nitrogen and oxygen atoms in total. The van der Waals surface area contributed by atoms with Crippen molar-refractivity contribution >= 4 is 6.08 Å². The van der Waals surface area contributed by atoms with E-state index in [0.717, 1.165) is 0 Å². The molecular weight excluding hydrogens is 172 g/mol. The zero-order valence-electron chi connectivity index (χ0n) is 8.57. The maximum atomic E-state index is 5.59. The Morgan fingerprint density at radius 1 is 1.36 bits per heavy atom. The Kier molecular flexibility index (Phi) is 2.69. The zero-order chi connectivity index (χ0) is 9.97. The summed E-state index contributed by atoms with van der Waals surface area (Å²) in [5.74, 6) is 0. The van der Waals surface area contributed by atoms with Crippen LogP contribution >= 0.6 is 0 Å². The first kappa shape index (κ1) is 9.47. The van der Waals surface area contributed by atoms with E-state index in [4.69, 9.17) is 4.74 Å². The molecule has 0 N–H and O–H groups in total. The van der Waals surface area contributed by atoms with Crippen molar-refractivity contribution in [2.75, 3.05) is 0 Å². The largest absolute Gasteiger partial charge is 0.365 e. The van der Waals surface area contributed by atoms with E-state index >= 15 is 0 Å². The van der Waals surface area contributed by atoms with Crippen molar-refractivity contribution in [1.82, 2.24) is 0 Å². The SMILES string of the molecule is C=Cc1ccc(C2OC2CCC)cc1. The number of hydrogen-bond donors (Lipinski definition) is 0. The van der Waals surface area contributed by atoms with E-state index in [-0.39, 0.29) is 0 Å². The van der Waals surface area contributed by atoms with Crippen LogP contribution in [0, 0.1) is 0 Å². The van der Waals surface area contributed by atoms with Gasteiger partial charge < -0.3 is 4.74 Å². The minimum atomic E-state index is 0.355. The molecule has 1 saturated heterocycles. The van der Waals surface area contributed by atoms with E-state index in [0.29, 0.717) is 12.2 Å². The molecule has 0 bridgehead atoms. The van der Waals surface area contributed by atoms with Gasteiger partial charge in [-0.3, -0.25) is 0 Å². The van der Waals surface area contributed by atoms with Gasteiger partial charge in [-0.15, -0.1) is 0 Å². The lowest BCUT2D eigenvalue weighted by atomic mass is 10.1. The van der Waals surface area contributed by atoms with Crippen LogP contribution in [0.2, 0.25) is 0 Å². The standard InChI is InChI=1S/C13H16O/c1-3-5-12-13(14-12)11-8-6-10(4-2)7-9-11/h4,6-9,12-13H,2-3,5H2,1H3. The lowest BCUT2D eigenvalue weighted by Crippen LogP contribution is -1.87. The Morgan fingerprint density at radius 3 is 2.64 bits per heavy atom. The summed E-state index contributed by atoms with van der Waals surface area (Å²) in [4.78, 5) is 0. The van der Waals surface area contributed by atoms with Gasteiger partial charge >= 0.3 is 0 Å². The van der Waals surface area contributed by atoms with E-state index in [9.17, 15) is 0 Å². The average molecular weight is 188 g/mol. The van der Waals surface area contributed by atoms with Crippen LogP contribution in [-0.4, -0.2) is 6.10 Å². The van der Waals surface area contributed by atoms with Crippen molar-refractivity contribution in [2.24, 2.45) is 0 Å². The van der Waals surface area contributed by atoms with Gasteiger partial charge in [-0.05, 0) is 17.5 Å². The first-order valence-electron chi connectivity index (χ1n) is 5.23. The summed E-state index contributed by atoms with van der Waals surface area (Å²) < 4.78 is 5.59. The highest BCUT2D eigenvalue weighted by Gasteiger charge is 2.38. The monoisotopic (exact) mass is 188 g/mol. The van der Waals surface area contributed by atoms with Crippen LogP contribution in [0.5, 0.6) is 0 Å². The van der Waals surface area contributed by atoms with Gasteiger partial charge in [0.05, 0.1) is 6.10 Å². The molecule has 0 spiro atoms. The summed E-state index contributed by atoms with van der Waals surface area (Å²) in [6, 6.07) is 8.45.